The van der Waals surface area contributed by atoms with E-state index in [0.29, 0.717) is 12.1 Å². The van der Waals surface area contributed by atoms with Crippen LogP contribution in [0, 0.1) is 0 Å². The van der Waals surface area contributed by atoms with Crippen LogP contribution in [0.1, 0.15) is 33.6 Å². The van der Waals surface area contributed by atoms with E-state index < -0.39 is 0 Å². The third-order valence-electron chi connectivity index (χ3n) is 5.26. The summed E-state index contributed by atoms with van der Waals surface area (Å²) in [5, 5.41) is 0.966. The van der Waals surface area contributed by atoms with Crippen molar-refractivity contribution in [3.05, 3.63) is 65.9 Å². The normalized spacial score (nSPS) is 17.4. The second-order valence-corrected chi connectivity index (χ2v) is 7.78. The molecule has 3 aromatic rings. The van der Waals surface area contributed by atoms with Crippen molar-refractivity contribution < 1.29 is 9.59 Å². The van der Waals surface area contributed by atoms with E-state index in [1.54, 1.807) is 11.8 Å². The van der Waals surface area contributed by atoms with Crippen molar-refractivity contribution in [1.82, 2.24) is 9.88 Å². The first-order valence-corrected chi connectivity index (χ1v) is 10.4. The molecule has 0 radical (unpaired) electrons. The quantitative estimate of drug-likeness (QED) is 0.510. The SMILES string of the molecule is CSc1ccc2[nH]cc(C(=O)[C@H]3CCCN3CC(=O)c3ccccc3)c2c1. The highest BCUT2D eigenvalue weighted by Crippen LogP contribution is 2.28. The fourth-order valence-corrected chi connectivity index (χ4v) is 4.26. The molecular formula is C22H22N2O2S. The van der Waals surface area contributed by atoms with Gasteiger partial charge in [-0.3, -0.25) is 14.5 Å². The Bertz CT molecular complexity index is 980. The molecule has 0 saturated carbocycles. The van der Waals surface area contributed by atoms with Crippen molar-refractivity contribution in [1.29, 1.82) is 0 Å². The van der Waals surface area contributed by atoms with E-state index in [1.807, 2.05) is 53.8 Å². The average Bonchev–Trinajstić information content (AvgIpc) is 3.34. The third kappa shape index (κ3) is 3.57. The molecule has 2 heterocycles. The van der Waals surface area contributed by atoms with Crippen LogP contribution >= 0.6 is 11.8 Å². The number of H-pyrrole nitrogens is 1. The van der Waals surface area contributed by atoms with E-state index in [0.717, 1.165) is 40.7 Å². The van der Waals surface area contributed by atoms with Crippen LogP contribution in [0.25, 0.3) is 10.9 Å². The van der Waals surface area contributed by atoms with Gasteiger partial charge in [0.1, 0.15) is 0 Å². The number of fused-ring (bicyclic) bond motifs is 1. The number of ketones is 2. The first-order valence-electron chi connectivity index (χ1n) is 9.19. The summed E-state index contributed by atoms with van der Waals surface area (Å²) in [5.41, 5.74) is 2.40. The maximum absolute atomic E-state index is 13.3. The Morgan fingerprint density at radius 2 is 2.00 bits per heavy atom. The second kappa shape index (κ2) is 7.71. The van der Waals surface area contributed by atoms with Crippen LogP contribution in [0.5, 0.6) is 0 Å². The lowest BCUT2D eigenvalue weighted by Crippen LogP contribution is -2.39. The molecule has 0 bridgehead atoms. The van der Waals surface area contributed by atoms with Crippen molar-refractivity contribution >= 4 is 34.2 Å². The molecule has 0 amide bonds. The molecule has 1 aromatic heterocycles. The summed E-state index contributed by atoms with van der Waals surface area (Å²) in [6, 6.07) is 15.2. The number of hydrogen-bond acceptors (Lipinski definition) is 4. The molecule has 0 unspecified atom stereocenters. The summed E-state index contributed by atoms with van der Waals surface area (Å²) >= 11 is 1.67. The molecule has 1 fully saturated rings. The van der Waals surface area contributed by atoms with Crippen LogP contribution in [0.3, 0.4) is 0 Å². The minimum absolute atomic E-state index is 0.0684. The fraction of sp³-hybridized carbons (Fsp3) is 0.273. The number of likely N-dealkylation sites (tertiary alicyclic amines) is 1. The largest absolute Gasteiger partial charge is 0.360 e. The molecule has 2 aromatic carbocycles. The Hall–Kier alpha value is -2.37. The second-order valence-electron chi connectivity index (χ2n) is 6.90. The molecule has 4 rings (SSSR count). The van der Waals surface area contributed by atoms with Gasteiger partial charge in [0.25, 0.3) is 0 Å². The first-order chi connectivity index (χ1) is 13.2. The Morgan fingerprint density at radius 3 is 2.78 bits per heavy atom. The van der Waals surface area contributed by atoms with Gasteiger partial charge in [-0.15, -0.1) is 11.8 Å². The number of carbonyl (C=O) groups excluding carboxylic acids is 2. The fourth-order valence-electron chi connectivity index (χ4n) is 3.82. The van der Waals surface area contributed by atoms with Crippen molar-refractivity contribution in [2.24, 2.45) is 0 Å². The van der Waals surface area contributed by atoms with E-state index >= 15 is 0 Å². The van der Waals surface area contributed by atoms with E-state index in [-0.39, 0.29) is 17.6 Å². The Kier molecular flexibility index (Phi) is 5.14. The minimum Gasteiger partial charge on any atom is -0.360 e. The summed E-state index contributed by atoms with van der Waals surface area (Å²) in [4.78, 5) is 32.2. The molecule has 1 N–H and O–H groups in total. The van der Waals surface area contributed by atoms with Gasteiger partial charge < -0.3 is 4.98 Å². The van der Waals surface area contributed by atoms with Gasteiger partial charge >= 0.3 is 0 Å². The lowest BCUT2D eigenvalue weighted by Gasteiger charge is -2.22. The van der Waals surface area contributed by atoms with Gasteiger partial charge in [0.2, 0.25) is 0 Å². The number of rotatable bonds is 6. The standard InChI is InChI=1S/C22H22N2O2S/c1-27-16-9-10-19-17(12-16)18(13-23-19)22(26)20-8-5-11-24(20)14-21(25)15-6-3-2-4-7-15/h2-4,6-7,9-10,12-13,20,23H,5,8,11,14H2,1H3/t20-/m1/s1. The predicted octanol–water partition coefficient (Wildman–Crippen LogP) is 4.42. The number of aromatic amines is 1. The zero-order valence-corrected chi connectivity index (χ0v) is 16.1. The molecule has 0 spiro atoms. The van der Waals surface area contributed by atoms with Crippen LogP contribution < -0.4 is 0 Å². The Morgan fingerprint density at radius 1 is 1.19 bits per heavy atom. The Balaban J connectivity index is 1.57. The molecule has 138 valence electrons. The van der Waals surface area contributed by atoms with Crippen LogP contribution in [0.15, 0.2) is 59.6 Å². The van der Waals surface area contributed by atoms with E-state index in [9.17, 15) is 9.59 Å². The van der Waals surface area contributed by atoms with Crippen molar-refractivity contribution in [3.63, 3.8) is 0 Å². The number of benzene rings is 2. The van der Waals surface area contributed by atoms with E-state index in [2.05, 4.69) is 17.1 Å². The van der Waals surface area contributed by atoms with Gasteiger partial charge in [0.05, 0.1) is 12.6 Å². The zero-order valence-electron chi connectivity index (χ0n) is 15.3. The minimum atomic E-state index is -0.227. The van der Waals surface area contributed by atoms with Crippen molar-refractivity contribution in [2.75, 3.05) is 19.3 Å². The third-order valence-corrected chi connectivity index (χ3v) is 5.99. The topological polar surface area (TPSA) is 53.2 Å². The molecule has 1 atom stereocenters. The summed E-state index contributed by atoms with van der Waals surface area (Å²) in [7, 11) is 0. The van der Waals surface area contributed by atoms with Crippen LogP contribution in [-0.4, -0.2) is 46.8 Å². The lowest BCUT2D eigenvalue weighted by molar-refractivity contribution is 0.0824. The predicted molar refractivity (Wildman–Crippen MR) is 110 cm³/mol. The molecule has 0 aliphatic carbocycles. The van der Waals surface area contributed by atoms with Gasteiger partial charge in [-0.25, -0.2) is 0 Å². The highest BCUT2D eigenvalue weighted by atomic mass is 32.2. The van der Waals surface area contributed by atoms with Crippen LogP contribution in [-0.2, 0) is 0 Å². The van der Waals surface area contributed by atoms with Crippen LogP contribution in [0.4, 0.5) is 0 Å². The first kappa shape index (κ1) is 18.0. The molecule has 1 saturated heterocycles. The summed E-state index contributed by atoms with van der Waals surface area (Å²) < 4.78 is 0. The highest BCUT2D eigenvalue weighted by molar-refractivity contribution is 7.98. The smallest absolute Gasteiger partial charge is 0.182 e. The Labute approximate surface area is 162 Å². The number of nitrogens with zero attached hydrogens (tertiary/aromatic N) is 1. The summed E-state index contributed by atoms with van der Waals surface area (Å²) in [6.45, 7) is 1.08. The van der Waals surface area contributed by atoms with Crippen LogP contribution in [0.2, 0.25) is 0 Å². The van der Waals surface area contributed by atoms with Gasteiger partial charge in [0, 0.05) is 33.1 Å². The van der Waals surface area contributed by atoms with E-state index in [4.69, 9.17) is 0 Å². The number of nitrogens with one attached hydrogen (secondary N) is 1. The number of thioether (sulfide) groups is 1. The lowest BCUT2D eigenvalue weighted by atomic mass is 10.0. The van der Waals surface area contributed by atoms with Gasteiger partial charge in [-0.05, 0) is 43.8 Å². The summed E-state index contributed by atoms with van der Waals surface area (Å²) in [6.07, 6.45) is 5.59. The summed E-state index contributed by atoms with van der Waals surface area (Å²) in [5.74, 6) is 0.178. The highest BCUT2D eigenvalue weighted by Gasteiger charge is 2.33. The van der Waals surface area contributed by atoms with Crippen molar-refractivity contribution in [2.45, 2.75) is 23.8 Å². The number of aromatic nitrogens is 1. The van der Waals surface area contributed by atoms with Gasteiger partial charge in [0.15, 0.2) is 11.6 Å². The van der Waals surface area contributed by atoms with Gasteiger partial charge in [-0.2, -0.15) is 0 Å². The van der Waals surface area contributed by atoms with Crippen molar-refractivity contribution in [3.8, 4) is 0 Å². The number of Topliss-reactive ketones (excluding diaryl/α,β-unsaturated/α-hetero) is 2. The number of carbonyl (C=O) groups is 2. The molecular weight excluding hydrogens is 356 g/mol. The van der Waals surface area contributed by atoms with E-state index in [1.165, 1.54) is 0 Å². The maximum Gasteiger partial charge on any atom is 0.182 e. The monoisotopic (exact) mass is 378 g/mol. The average molecular weight is 378 g/mol. The maximum atomic E-state index is 13.3. The van der Waals surface area contributed by atoms with Gasteiger partial charge in [-0.1, -0.05) is 30.3 Å². The molecule has 5 heteroatoms. The number of hydrogen-bond donors (Lipinski definition) is 1. The molecule has 4 nitrogen and oxygen atoms in total. The molecule has 1 aliphatic heterocycles. The molecule has 27 heavy (non-hydrogen) atoms. The zero-order chi connectivity index (χ0) is 18.8. The molecule has 1 aliphatic rings.